The van der Waals surface area contributed by atoms with E-state index in [-0.39, 0.29) is 16.8 Å². The Bertz CT molecular complexity index is 583. The number of hydrogen-bond acceptors (Lipinski definition) is 3. The Kier molecular flexibility index (Phi) is 4.04. The molecule has 1 amide bonds. The van der Waals surface area contributed by atoms with Crippen LogP contribution in [0.2, 0.25) is 5.15 Å². The number of pyridine rings is 1. The third kappa shape index (κ3) is 2.91. The summed E-state index contributed by atoms with van der Waals surface area (Å²) in [5.41, 5.74) is 0.436. The molecule has 0 fully saturated rings. The largest absolute Gasteiger partial charge is 0.456 e. The van der Waals surface area contributed by atoms with E-state index in [4.69, 9.17) is 16.0 Å². The molecule has 2 aromatic heterocycles. The van der Waals surface area contributed by atoms with Gasteiger partial charge in [0.1, 0.15) is 5.76 Å². The Hall–Kier alpha value is -1.33. The van der Waals surface area contributed by atoms with E-state index in [0.717, 1.165) is 16.7 Å². The molecule has 0 bridgehead atoms. The molecule has 0 atom stereocenters. The van der Waals surface area contributed by atoms with Gasteiger partial charge in [-0.1, -0.05) is 18.5 Å². The number of halogens is 2. The molecule has 0 aliphatic rings. The van der Waals surface area contributed by atoms with Gasteiger partial charge < -0.3 is 9.73 Å². The lowest BCUT2D eigenvalue weighted by molar-refractivity contribution is 0.0995. The van der Waals surface area contributed by atoms with Crippen LogP contribution in [-0.4, -0.2) is 10.9 Å². The highest BCUT2D eigenvalue weighted by atomic mass is 79.9. The summed E-state index contributed by atoms with van der Waals surface area (Å²) in [6.07, 6.45) is 2.30. The lowest BCUT2D eigenvalue weighted by Gasteiger charge is -2.05. The molecule has 2 aromatic rings. The van der Waals surface area contributed by atoms with Crippen molar-refractivity contribution >= 4 is 39.1 Å². The molecule has 0 unspecified atom stereocenters. The van der Waals surface area contributed by atoms with E-state index in [9.17, 15) is 4.79 Å². The molecule has 18 heavy (non-hydrogen) atoms. The van der Waals surface area contributed by atoms with Gasteiger partial charge in [0.2, 0.25) is 0 Å². The number of furan rings is 1. The third-order valence-corrected chi connectivity index (χ3v) is 3.02. The van der Waals surface area contributed by atoms with Crippen molar-refractivity contribution in [1.29, 1.82) is 0 Å². The van der Waals surface area contributed by atoms with E-state index in [1.165, 1.54) is 0 Å². The number of anilines is 1. The van der Waals surface area contributed by atoms with Crippen LogP contribution in [0.4, 0.5) is 5.69 Å². The summed E-state index contributed by atoms with van der Waals surface area (Å²) in [7, 11) is 0. The van der Waals surface area contributed by atoms with Gasteiger partial charge >= 0.3 is 0 Å². The van der Waals surface area contributed by atoms with Gasteiger partial charge in [-0.25, -0.2) is 4.98 Å². The first kappa shape index (κ1) is 13.1. The number of aryl methyl sites for hydroxylation is 1. The molecule has 2 heterocycles. The van der Waals surface area contributed by atoms with Crippen LogP contribution in [0.1, 0.15) is 23.2 Å². The maximum atomic E-state index is 11.9. The Morgan fingerprint density at radius 3 is 3.00 bits per heavy atom. The number of hydrogen-bond donors (Lipinski definition) is 1. The van der Waals surface area contributed by atoms with Gasteiger partial charge in [-0.15, -0.1) is 0 Å². The Labute approximate surface area is 117 Å². The van der Waals surface area contributed by atoms with E-state index >= 15 is 0 Å². The second-order valence-corrected chi connectivity index (χ2v) is 4.84. The standard InChI is InChI=1S/C12H10BrClN2O2/c1-2-8-3-4-10(18-8)12(17)16-9-5-7(13)6-15-11(9)14/h3-6H,2H2,1H3,(H,16,17). The van der Waals surface area contributed by atoms with Gasteiger partial charge in [0, 0.05) is 17.1 Å². The van der Waals surface area contributed by atoms with Crippen LogP contribution in [0, 0.1) is 0 Å². The summed E-state index contributed by atoms with van der Waals surface area (Å²) in [5.74, 6) is 0.665. The highest BCUT2D eigenvalue weighted by Gasteiger charge is 2.13. The zero-order valence-electron chi connectivity index (χ0n) is 9.54. The van der Waals surface area contributed by atoms with Crippen LogP contribution < -0.4 is 5.32 Å². The number of nitrogens with zero attached hydrogens (tertiary/aromatic N) is 1. The summed E-state index contributed by atoms with van der Waals surface area (Å²) >= 11 is 9.14. The normalized spacial score (nSPS) is 10.4. The average molecular weight is 330 g/mol. The van der Waals surface area contributed by atoms with Gasteiger partial charge in [0.15, 0.2) is 10.9 Å². The van der Waals surface area contributed by atoms with E-state index in [1.54, 1.807) is 24.4 Å². The molecular formula is C12H10BrClN2O2. The van der Waals surface area contributed by atoms with Crippen LogP contribution in [0.25, 0.3) is 0 Å². The van der Waals surface area contributed by atoms with Crippen molar-refractivity contribution in [1.82, 2.24) is 4.98 Å². The quantitative estimate of drug-likeness (QED) is 0.869. The van der Waals surface area contributed by atoms with Crippen LogP contribution in [0.3, 0.4) is 0 Å². The second kappa shape index (κ2) is 5.54. The maximum absolute atomic E-state index is 11.9. The smallest absolute Gasteiger partial charge is 0.291 e. The third-order valence-electron chi connectivity index (χ3n) is 2.29. The first-order valence-electron chi connectivity index (χ1n) is 5.31. The molecule has 94 valence electrons. The molecule has 6 heteroatoms. The van der Waals surface area contributed by atoms with E-state index in [1.807, 2.05) is 6.92 Å². The number of carbonyl (C=O) groups is 1. The van der Waals surface area contributed by atoms with Crippen molar-refractivity contribution in [3.8, 4) is 0 Å². The minimum atomic E-state index is -0.350. The minimum absolute atomic E-state index is 0.230. The van der Waals surface area contributed by atoms with Crippen molar-refractivity contribution in [3.05, 3.63) is 45.5 Å². The predicted octanol–water partition coefficient (Wildman–Crippen LogP) is 3.91. The molecule has 0 aliphatic heterocycles. The highest BCUT2D eigenvalue weighted by Crippen LogP contribution is 2.23. The van der Waals surface area contributed by atoms with Crippen molar-refractivity contribution < 1.29 is 9.21 Å². The summed E-state index contributed by atoms with van der Waals surface area (Å²) in [6.45, 7) is 1.95. The molecule has 2 rings (SSSR count). The molecule has 4 nitrogen and oxygen atoms in total. The average Bonchev–Trinajstić information content (AvgIpc) is 2.82. The lowest BCUT2D eigenvalue weighted by Crippen LogP contribution is -2.11. The number of rotatable bonds is 3. The number of nitrogens with one attached hydrogen (secondary N) is 1. The summed E-state index contributed by atoms with van der Waals surface area (Å²) in [4.78, 5) is 15.8. The second-order valence-electron chi connectivity index (χ2n) is 3.57. The molecule has 0 aromatic carbocycles. The molecule has 0 aliphatic carbocycles. The van der Waals surface area contributed by atoms with Crippen molar-refractivity contribution in [3.63, 3.8) is 0 Å². The van der Waals surface area contributed by atoms with Crippen LogP contribution in [0.15, 0.2) is 33.3 Å². The molecule has 0 radical (unpaired) electrons. The Morgan fingerprint density at radius 2 is 2.33 bits per heavy atom. The van der Waals surface area contributed by atoms with Crippen LogP contribution in [0.5, 0.6) is 0 Å². The summed E-state index contributed by atoms with van der Waals surface area (Å²) < 4.78 is 6.08. The van der Waals surface area contributed by atoms with Gasteiger partial charge in [0.25, 0.3) is 5.91 Å². The number of aromatic nitrogens is 1. The summed E-state index contributed by atoms with van der Waals surface area (Å²) in [6, 6.07) is 5.08. The Balaban J connectivity index is 2.18. The molecule has 0 spiro atoms. The number of carbonyl (C=O) groups excluding carboxylic acids is 1. The first-order valence-corrected chi connectivity index (χ1v) is 6.48. The zero-order valence-corrected chi connectivity index (χ0v) is 11.9. The fourth-order valence-corrected chi connectivity index (χ4v) is 1.87. The minimum Gasteiger partial charge on any atom is -0.456 e. The van der Waals surface area contributed by atoms with Gasteiger partial charge in [-0.2, -0.15) is 0 Å². The van der Waals surface area contributed by atoms with Crippen molar-refractivity contribution in [2.45, 2.75) is 13.3 Å². The molecule has 0 saturated carbocycles. The zero-order chi connectivity index (χ0) is 13.1. The van der Waals surface area contributed by atoms with Crippen LogP contribution >= 0.6 is 27.5 Å². The first-order chi connectivity index (χ1) is 8.60. The van der Waals surface area contributed by atoms with Crippen molar-refractivity contribution in [2.24, 2.45) is 0 Å². The van der Waals surface area contributed by atoms with Gasteiger partial charge in [-0.3, -0.25) is 4.79 Å². The van der Waals surface area contributed by atoms with E-state index in [2.05, 4.69) is 26.2 Å². The topological polar surface area (TPSA) is 55.1 Å². The van der Waals surface area contributed by atoms with Gasteiger partial charge in [-0.05, 0) is 34.1 Å². The van der Waals surface area contributed by atoms with E-state index in [0.29, 0.717) is 5.69 Å². The number of amides is 1. The van der Waals surface area contributed by atoms with Gasteiger partial charge in [0.05, 0.1) is 5.69 Å². The van der Waals surface area contributed by atoms with Crippen LogP contribution in [-0.2, 0) is 6.42 Å². The maximum Gasteiger partial charge on any atom is 0.291 e. The monoisotopic (exact) mass is 328 g/mol. The SMILES string of the molecule is CCc1ccc(C(=O)Nc2cc(Br)cnc2Cl)o1. The molecular weight excluding hydrogens is 320 g/mol. The van der Waals surface area contributed by atoms with E-state index < -0.39 is 0 Å². The lowest BCUT2D eigenvalue weighted by atomic mass is 10.3. The Morgan fingerprint density at radius 1 is 1.56 bits per heavy atom. The summed E-state index contributed by atoms with van der Waals surface area (Å²) in [5, 5.41) is 2.88. The fourth-order valence-electron chi connectivity index (χ4n) is 1.38. The fraction of sp³-hybridized carbons (Fsp3) is 0.167. The molecule has 1 N–H and O–H groups in total. The molecule has 0 saturated heterocycles. The highest BCUT2D eigenvalue weighted by molar-refractivity contribution is 9.10. The van der Waals surface area contributed by atoms with Crippen molar-refractivity contribution in [2.75, 3.05) is 5.32 Å². The predicted molar refractivity (Wildman–Crippen MR) is 73.0 cm³/mol.